The van der Waals surface area contributed by atoms with Crippen molar-refractivity contribution in [2.24, 2.45) is 0 Å². The minimum atomic E-state index is -3.95. The standard InChI is InChI=1S/C26H30N2O6S/c1-17-11-13-20(35(30,31)28(3)22-9-7-8-10-23(22)32-4)16-21(17)26(29)27-18(2)19-12-14-24(33-5)25(15-19)34-6/h7-16,18H,1-6H3,(H,27,29). The smallest absolute Gasteiger partial charge is 0.264 e. The Morgan fingerprint density at radius 1 is 0.886 bits per heavy atom. The molecule has 3 rings (SSSR count). The predicted molar refractivity (Wildman–Crippen MR) is 135 cm³/mol. The molecule has 0 bridgehead atoms. The molecule has 0 aliphatic carbocycles. The van der Waals surface area contributed by atoms with Gasteiger partial charge in [0.1, 0.15) is 5.75 Å². The van der Waals surface area contributed by atoms with E-state index in [4.69, 9.17) is 14.2 Å². The molecule has 3 aromatic rings. The number of nitrogens with one attached hydrogen (secondary N) is 1. The average Bonchev–Trinajstić information content (AvgIpc) is 2.87. The van der Waals surface area contributed by atoms with Gasteiger partial charge in [-0.25, -0.2) is 8.42 Å². The highest BCUT2D eigenvalue weighted by molar-refractivity contribution is 7.92. The van der Waals surface area contributed by atoms with E-state index in [1.54, 1.807) is 63.6 Å². The van der Waals surface area contributed by atoms with E-state index in [9.17, 15) is 13.2 Å². The maximum absolute atomic E-state index is 13.4. The molecule has 1 unspecified atom stereocenters. The number of carbonyl (C=O) groups is 1. The van der Waals surface area contributed by atoms with Crippen LogP contribution in [0.5, 0.6) is 17.2 Å². The van der Waals surface area contributed by atoms with Crippen LogP contribution in [0.4, 0.5) is 5.69 Å². The van der Waals surface area contributed by atoms with E-state index >= 15 is 0 Å². The number of para-hydroxylation sites is 2. The fourth-order valence-electron chi connectivity index (χ4n) is 3.66. The molecule has 35 heavy (non-hydrogen) atoms. The van der Waals surface area contributed by atoms with E-state index in [-0.39, 0.29) is 22.4 Å². The summed E-state index contributed by atoms with van der Waals surface area (Å²) in [5, 5.41) is 2.94. The van der Waals surface area contributed by atoms with Crippen LogP contribution in [-0.4, -0.2) is 42.7 Å². The Kier molecular flexibility index (Phi) is 7.91. The van der Waals surface area contributed by atoms with Gasteiger partial charge in [0.05, 0.1) is 38.0 Å². The lowest BCUT2D eigenvalue weighted by molar-refractivity contribution is 0.0939. The van der Waals surface area contributed by atoms with Crippen LogP contribution in [-0.2, 0) is 10.0 Å². The van der Waals surface area contributed by atoms with Crippen molar-refractivity contribution in [3.05, 3.63) is 77.4 Å². The zero-order valence-electron chi connectivity index (χ0n) is 20.7. The van der Waals surface area contributed by atoms with Crippen molar-refractivity contribution in [1.82, 2.24) is 5.32 Å². The lowest BCUT2D eigenvalue weighted by atomic mass is 10.1. The van der Waals surface area contributed by atoms with Crippen molar-refractivity contribution in [2.45, 2.75) is 24.8 Å². The molecule has 0 fully saturated rings. The first kappa shape index (κ1) is 25.9. The van der Waals surface area contributed by atoms with Crippen LogP contribution < -0.4 is 23.8 Å². The van der Waals surface area contributed by atoms with Crippen molar-refractivity contribution in [1.29, 1.82) is 0 Å². The molecule has 0 spiro atoms. The van der Waals surface area contributed by atoms with Gasteiger partial charge in [0.2, 0.25) is 0 Å². The number of rotatable bonds is 9. The van der Waals surface area contributed by atoms with Gasteiger partial charge in [0, 0.05) is 12.6 Å². The molecular weight excluding hydrogens is 468 g/mol. The van der Waals surface area contributed by atoms with Crippen LogP contribution in [0.15, 0.2) is 65.6 Å². The highest BCUT2D eigenvalue weighted by atomic mass is 32.2. The molecule has 1 N–H and O–H groups in total. The molecule has 0 radical (unpaired) electrons. The topological polar surface area (TPSA) is 94.2 Å². The Hall–Kier alpha value is -3.72. The number of hydrogen-bond donors (Lipinski definition) is 1. The molecule has 1 amide bonds. The quantitative estimate of drug-likeness (QED) is 0.472. The fraction of sp³-hybridized carbons (Fsp3) is 0.269. The van der Waals surface area contributed by atoms with Crippen molar-refractivity contribution < 1.29 is 27.4 Å². The van der Waals surface area contributed by atoms with Crippen molar-refractivity contribution in [3.8, 4) is 17.2 Å². The van der Waals surface area contributed by atoms with Gasteiger partial charge >= 0.3 is 0 Å². The Morgan fingerprint density at radius 2 is 1.54 bits per heavy atom. The number of hydrogen-bond acceptors (Lipinski definition) is 6. The van der Waals surface area contributed by atoms with Gasteiger partial charge in [0.15, 0.2) is 11.5 Å². The molecule has 0 saturated carbocycles. The van der Waals surface area contributed by atoms with Gasteiger partial charge in [-0.2, -0.15) is 0 Å². The summed E-state index contributed by atoms with van der Waals surface area (Å²) >= 11 is 0. The number of aryl methyl sites for hydroxylation is 1. The number of carbonyl (C=O) groups excluding carboxylic acids is 1. The Labute approximate surface area is 206 Å². The zero-order valence-corrected chi connectivity index (χ0v) is 21.5. The summed E-state index contributed by atoms with van der Waals surface area (Å²) in [6.45, 7) is 3.60. The number of benzene rings is 3. The molecular formula is C26H30N2O6S. The Balaban J connectivity index is 1.89. The maximum Gasteiger partial charge on any atom is 0.264 e. The molecule has 0 aliphatic rings. The highest BCUT2D eigenvalue weighted by Crippen LogP contribution is 2.32. The molecule has 8 nitrogen and oxygen atoms in total. The molecule has 9 heteroatoms. The minimum absolute atomic E-state index is 0.000394. The molecule has 3 aromatic carbocycles. The summed E-state index contributed by atoms with van der Waals surface area (Å²) in [5.74, 6) is 1.17. The second kappa shape index (κ2) is 10.7. The number of sulfonamides is 1. The third kappa shape index (κ3) is 5.35. The van der Waals surface area contributed by atoms with E-state index in [0.717, 1.165) is 9.87 Å². The third-order valence-electron chi connectivity index (χ3n) is 5.79. The number of methoxy groups -OCH3 is 3. The number of nitrogens with zero attached hydrogens (tertiary/aromatic N) is 1. The summed E-state index contributed by atoms with van der Waals surface area (Å²) in [5.41, 5.74) is 2.13. The fourth-order valence-corrected chi connectivity index (χ4v) is 4.90. The van der Waals surface area contributed by atoms with Crippen LogP contribution in [0.1, 0.15) is 34.5 Å². The first-order valence-electron chi connectivity index (χ1n) is 10.9. The highest BCUT2D eigenvalue weighted by Gasteiger charge is 2.25. The summed E-state index contributed by atoms with van der Waals surface area (Å²) in [7, 11) is 2.08. The van der Waals surface area contributed by atoms with Crippen LogP contribution >= 0.6 is 0 Å². The van der Waals surface area contributed by atoms with Crippen LogP contribution in [0.2, 0.25) is 0 Å². The van der Waals surface area contributed by atoms with Gasteiger partial charge in [-0.1, -0.05) is 24.3 Å². The van der Waals surface area contributed by atoms with Crippen LogP contribution in [0, 0.1) is 6.92 Å². The average molecular weight is 499 g/mol. The lowest BCUT2D eigenvalue weighted by Gasteiger charge is -2.22. The van der Waals surface area contributed by atoms with Gasteiger partial charge in [-0.05, 0) is 61.4 Å². The summed E-state index contributed by atoms with van der Waals surface area (Å²) in [6, 6.07) is 16.4. The lowest BCUT2D eigenvalue weighted by Crippen LogP contribution is -2.29. The summed E-state index contributed by atoms with van der Waals surface area (Å²) in [6.07, 6.45) is 0. The zero-order chi connectivity index (χ0) is 25.8. The molecule has 0 aliphatic heterocycles. The van der Waals surface area contributed by atoms with Crippen LogP contribution in [0.25, 0.3) is 0 Å². The van der Waals surface area contributed by atoms with Crippen molar-refractivity contribution >= 4 is 21.6 Å². The van der Waals surface area contributed by atoms with Crippen molar-refractivity contribution in [3.63, 3.8) is 0 Å². The summed E-state index contributed by atoms with van der Waals surface area (Å²) in [4.78, 5) is 13.2. The first-order valence-corrected chi connectivity index (χ1v) is 12.3. The molecule has 0 saturated heterocycles. The van der Waals surface area contributed by atoms with Crippen LogP contribution in [0.3, 0.4) is 0 Å². The van der Waals surface area contributed by atoms with Gasteiger partial charge in [0.25, 0.3) is 15.9 Å². The molecule has 0 heterocycles. The van der Waals surface area contributed by atoms with E-state index in [1.807, 2.05) is 13.0 Å². The van der Waals surface area contributed by atoms with E-state index in [2.05, 4.69) is 5.32 Å². The first-order chi connectivity index (χ1) is 16.6. The number of anilines is 1. The largest absolute Gasteiger partial charge is 0.495 e. The van der Waals surface area contributed by atoms with E-state index in [1.165, 1.54) is 26.3 Å². The van der Waals surface area contributed by atoms with Gasteiger partial charge in [-0.15, -0.1) is 0 Å². The Morgan fingerprint density at radius 3 is 2.20 bits per heavy atom. The number of amides is 1. The maximum atomic E-state index is 13.4. The minimum Gasteiger partial charge on any atom is -0.495 e. The van der Waals surface area contributed by atoms with E-state index in [0.29, 0.717) is 28.5 Å². The second-order valence-electron chi connectivity index (χ2n) is 7.93. The predicted octanol–water partition coefficient (Wildman–Crippen LogP) is 4.34. The molecule has 1 atom stereocenters. The second-order valence-corrected chi connectivity index (χ2v) is 9.90. The van der Waals surface area contributed by atoms with Gasteiger partial charge in [-0.3, -0.25) is 9.10 Å². The monoisotopic (exact) mass is 498 g/mol. The third-order valence-corrected chi connectivity index (χ3v) is 7.56. The molecule has 0 aromatic heterocycles. The normalized spacial score (nSPS) is 11.9. The number of ether oxygens (including phenoxy) is 3. The van der Waals surface area contributed by atoms with E-state index < -0.39 is 10.0 Å². The SMILES string of the molecule is COc1ccc(C(C)NC(=O)c2cc(S(=O)(=O)N(C)c3ccccc3OC)ccc2C)cc1OC. The summed E-state index contributed by atoms with van der Waals surface area (Å²) < 4.78 is 43.8. The van der Waals surface area contributed by atoms with Gasteiger partial charge < -0.3 is 19.5 Å². The van der Waals surface area contributed by atoms with Crippen molar-refractivity contribution in [2.75, 3.05) is 32.7 Å². The Bertz CT molecular complexity index is 1320. The molecule has 186 valence electrons.